The van der Waals surface area contributed by atoms with Crippen molar-refractivity contribution in [1.82, 2.24) is 15.0 Å². The molecule has 0 N–H and O–H groups in total. The topological polar surface area (TPSA) is 51.8 Å². The Morgan fingerprint density at radius 2 is 1.02 bits per heavy atom. The zero-order chi connectivity index (χ0) is 37.3. The van der Waals surface area contributed by atoms with Crippen LogP contribution in [-0.4, -0.2) is 15.0 Å². The molecule has 0 spiro atoms. The van der Waals surface area contributed by atoms with E-state index in [1.165, 1.54) is 0 Å². The SMILES string of the molecule is [2H]c1c([2H])c([2H])c(-c2ccc(-c3nc(-c4ccccc4)nc(-c4cccc5oc6cc(-c7c([2H])c([2H])c([2H])c([2H])c7[2H])ccc6c45)n3)cc2)c([2H])c1[2H]. The molecule has 6 aromatic carbocycles. The summed E-state index contributed by atoms with van der Waals surface area (Å²) < 4.78 is 88.3. The summed E-state index contributed by atoms with van der Waals surface area (Å²) in [5.74, 6) is 1.11. The molecule has 0 aliphatic rings. The molecule has 0 bridgehead atoms. The van der Waals surface area contributed by atoms with Crippen molar-refractivity contribution in [3.8, 4) is 56.4 Å². The van der Waals surface area contributed by atoms with Crippen LogP contribution in [-0.2, 0) is 0 Å². The van der Waals surface area contributed by atoms with E-state index < -0.39 is 36.3 Å². The van der Waals surface area contributed by atoms with E-state index in [0.717, 1.165) is 5.56 Å². The second kappa shape index (κ2) is 10.5. The molecule has 2 heterocycles. The van der Waals surface area contributed by atoms with Crippen LogP contribution in [0.2, 0.25) is 0 Å². The van der Waals surface area contributed by atoms with Gasteiger partial charge >= 0.3 is 0 Å². The van der Waals surface area contributed by atoms with E-state index in [9.17, 15) is 0 Å². The summed E-state index contributed by atoms with van der Waals surface area (Å²) in [5, 5.41) is 1.42. The minimum Gasteiger partial charge on any atom is -0.456 e. The fourth-order valence-corrected chi connectivity index (χ4v) is 5.08. The first-order valence-corrected chi connectivity index (χ1v) is 13.5. The van der Waals surface area contributed by atoms with Gasteiger partial charge in [0, 0.05) is 27.5 Å². The maximum absolute atomic E-state index is 8.45. The molecule has 43 heavy (non-hydrogen) atoms. The van der Waals surface area contributed by atoms with Crippen LogP contribution in [0.15, 0.2) is 156 Å². The van der Waals surface area contributed by atoms with Crippen molar-refractivity contribution in [3.63, 3.8) is 0 Å². The predicted molar refractivity (Wildman–Crippen MR) is 174 cm³/mol. The van der Waals surface area contributed by atoms with Crippen LogP contribution in [0.25, 0.3) is 78.4 Å². The normalized spacial score (nSPS) is 14.5. The van der Waals surface area contributed by atoms with Crippen molar-refractivity contribution in [3.05, 3.63) is 151 Å². The summed E-state index contributed by atoms with van der Waals surface area (Å²) >= 11 is 0. The number of fused-ring (bicyclic) bond motifs is 3. The van der Waals surface area contributed by atoms with Crippen molar-refractivity contribution in [2.24, 2.45) is 0 Å². The molecular weight excluding hydrogens is 526 g/mol. The number of hydrogen-bond donors (Lipinski definition) is 0. The zero-order valence-corrected chi connectivity index (χ0v) is 22.4. The highest BCUT2D eigenvalue weighted by Gasteiger charge is 2.18. The Kier molecular flexibility index (Phi) is 4.04. The van der Waals surface area contributed by atoms with Crippen molar-refractivity contribution in [2.45, 2.75) is 0 Å². The minimum atomic E-state index is -0.463. The zero-order valence-electron chi connectivity index (χ0n) is 32.4. The fraction of sp³-hybridized carbons (Fsp3) is 0. The third-order valence-electron chi connectivity index (χ3n) is 7.13. The van der Waals surface area contributed by atoms with Gasteiger partial charge in [0.05, 0.1) is 13.7 Å². The fourth-order valence-electron chi connectivity index (χ4n) is 5.08. The molecule has 202 valence electrons. The Labute approximate surface area is 263 Å². The quantitative estimate of drug-likeness (QED) is 0.210. The molecule has 0 radical (unpaired) electrons. The van der Waals surface area contributed by atoms with Crippen molar-refractivity contribution in [1.29, 1.82) is 0 Å². The molecule has 4 heteroatoms. The second-order valence-corrected chi connectivity index (χ2v) is 9.74. The molecule has 0 amide bonds. The molecule has 0 fully saturated rings. The van der Waals surface area contributed by atoms with Crippen molar-refractivity contribution < 1.29 is 18.1 Å². The first-order valence-electron chi connectivity index (χ1n) is 18.5. The lowest BCUT2D eigenvalue weighted by molar-refractivity contribution is 0.669. The number of rotatable bonds is 5. The maximum Gasteiger partial charge on any atom is 0.164 e. The summed E-state index contributed by atoms with van der Waals surface area (Å²) in [6.07, 6.45) is 0. The van der Waals surface area contributed by atoms with E-state index >= 15 is 0 Å². The van der Waals surface area contributed by atoms with Gasteiger partial charge in [0.25, 0.3) is 0 Å². The third kappa shape index (κ3) is 4.65. The molecule has 8 aromatic rings. The van der Waals surface area contributed by atoms with Crippen molar-refractivity contribution in [2.75, 3.05) is 0 Å². The molecule has 0 aliphatic carbocycles. The van der Waals surface area contributed by atoms with E-state index in [1.807, 2.05) is 42.5 Å². The smallest absolute Gasteiger partial charge is 0.164 e. The highest BCUT2D eigenvalue weighted by Crippen LogP contribution is 2.38. The van der Waals surface area contributed by atoms with Gasteiger partial charge in [0.15, 0.2) is 17.5 Å². The van der Waals surface area contributed by atoms with Gasteiger partial charge in [-0.3, -0.25) is 0 Å². The summed E-state index contributed by atoms with van der Waals surface area (Å²) in [6.45, 7) is 0. The van der Waals surface area contributed by atoms with E-state index in [2.05, 4.69) is 0 Å². The average Bonchev–Trinajstić information content (AvgIpc) is 3.56. The van der Waals surface area contributed by atoms with Gasteiger partial charge in [0.1, 0.15) is 11.2 Å². The van der Waals surface area contributed by atoms with Crippen LogP contribution >= 0.6 is 0 Å². The molecule has 0 unspecified atom stereocenters. The van der Waals surface area contributed by atoms with Crippen LogP contribution < -0.4 is 0 Å². The Morgan fingerprint density at radius 1 is 0.442 bits per heavy atom. The Bertz CT molecular complexity index is 2730. The third-order valence-corrected chi connectivity index (χ3v) is 7.13. The molecule has 0 saturated heterocycles. The first kappa shape index (κ1) is 16.5. The van der Waals surface area contributed by atoms with E-state index in [0.29, 0.717) is 61.7 Å². The monoisotopic (exact) mass is 561 g/mol. The van der Waals surface area contributed by atoms with Gasteiger partial charge in [-0.2, -0.15) is 0 Å². The standard InChI is InChI=1S/C39H25N3O/c1-4-11-26(12-5-1)28-19-21-30(22-20-28)38-40-37(29-15-8-3-9-16-29)41-39(42-38)33-17-10-18-34-36(33)32-24-23-31(25-35(32)43-34)27-13-6-2-7-14-27/h1-25H/i1D,2D,4D,5D,6D,7D,11D,12D,13D,14D. The summed E-state index contributed by atoms with van der Waals surface area (Å²) in [5.41, 5.74) is 4.00. The number of aromatic nitrogens is 3. The Hall–Kier alpha value is -5.87. The lowest BCUT2D eigenvalue weighted by atomic mass is 10.0. The molecule has 4 nitrogen and oxygen atoms in total. The highest BCUT2D eigenvalue weighted by molar-refractivity contribution is 6.12. The molecular formula is C39H25N3O. The second-order valence-electron chi connectivity index (χ2n) is 9.74. The molecule has 0 saturated carbocycles. The maximum atomic E-state index is 8.45. The number of nitrogens with zero attached hydrogens (tertiary/aromatic N) is 3. The molecule has 8 rings (SSSR count). The van der Waals surface area contributed by atoms with Crippen LogP contribution in [0.3, 0.4) is 0 Å². The Morgan fingerprint density at radius 3 is 1.72 bits per heavy atom. The van der Waals surface area contributed by atoms with E-state index in [4.69, 9.17) is 33.1 Å². The van der Waals surface area contributed by atoms with Gasteiger partial charge in [0.2, 0.25) is 0 Å². The van der Waals surface area contributed by atoms with Gasteiger partial charge < -0.3 is 4.42 Å². The van der Waals surface area contributed by atoms with Gasteiger partial charge in [-0.1, -0.05) is 133 Å². The molecule has 0 aliphatic heterocycles. The number of benzene rings is 6. The Balaban J connectivity index is 1.28. The van der Waals surface area contributed by atoms with Gasteiger partial charge in [-0.15, -0.1) is 0 Å². The van der Waals surface area contributed by atoms with Gasteiger partial charge in [-0.25, -0.2) is 15.0 Å². The van der Waals surface area contributed by atoms with E-state index in [1.54, 1.807) is 48.5 Å². The van der Waals surface area contributed by atoms with Crippen LogP contribution in [0.4, 0.5) is 0 Å². The summed E-state index contributed by atoms with van der Waals surface area (Å²) in [4.78, 5) is 14.6. The first-order chi connectivity index (χ1) is 25.4. The molecule has 0 atom stereocenters. The van der Waals surface area contributed by atoms with E-state index in [-0.39, 0.29) is 35.3 Å². The largest absolute Gasteiger partial charge is 0.456 e. The van der Waals surface area contributed by atoms with Crippen molar-refractivity contribution >= 4 is 21.9 Å². The van der Waals surface area contributed by atoms with Crippen LogP contribution in [0.5, 0.6) is 0 Å². The van der Waals surface area contributed by atoms with Crippen LogP contribution in [0, 0.1) is 0 Å². The number of furan rings is 1. The predicted octanol–water partition coefficient (Wildman–Crippen LogP) is 10.1. The lowest BCUT2D eigenvalue weighted by Crippen LogP contribution is -2.00. The van der Waals surface area contributed by atoms with Crippen LogP contribution in [0.1, 0.15) is 13.7 Å². The van der Waals surface area contributed by atoms with Gasteiger partial charge in [-0.05, 0) is 40.5 Å². The summed E-state index contributed by atoms with van der Waals surface area (Å²) in [6, 6.07) is 23.1. The average molecular weight is 562 g/mol. The summed E-state index contributed by atoms with van der Waals surface area (Å²) in [7, 11) is 0. The minimum absolute atomic E-state index is 0.0748. The lowest BCUT2D eigenvalue weighted by Gasteiger charge is -2.10. The number of hydrogen-bond acceptors (Lipinski definition) is 4. The highest BCUT2D eigenvalue weighted by atomic mass is 16.3. The molecule has 2 aromatic heterocycles.